The number of hydrogen-bond donors (Lipinski definition) is 1. The fourth-order valence-electron chi connectivity index (χ4n) is 4.13. The van der Waals surface area contributed by atoms with E-state index in [0.717, 1.165) is 48.3 Å². The van der Waals surface area contributed by atoms with Crippen molar-refractivity contribution in [1.82, 2.24) is 0 Å². The van der Waals surface area contributed by atoms with E-state index in [1.807, 2.05) is 18.2 Å². The van der Waals surface area contributed by atoms with Gasteiger partial charge in [-0.1, -0.05) is 31.0 Å². The van der Waals surface area contributed by atoms with E-state index in [9.17, 15) is 13.2 Å². The van der Waals surface area contributed by atoms with Gasteiger partial charge >= 0.3 is 5.97 Å². The van der Waals surface area contributed by atoms with Crippen molar-refractivity contribution in [2.45, 2.75) is 41.7 Å². The monoisotopic (exact) mass is 377 g/mol. The lowest BCUT2D eigenvalue weighted by molar-refractivity contribution is -0.136. The molecule has 25 heavy (non-hydrogen) atoms. The molecule has 1 aliphatic heterocycles. The minimum Gasteiger partial charge on any atom is -0.481 e. The fraction of sp³-hybridized carbons (Fsp3) is 0.389. The van der Waals surface area contributed by atoms with Crippen LogP contribution in [0.3, 0.4) is 0 Å². The summed E-state index contributed by atoms with van der Waals surface area (Å²) in [4.78, 5) is 11.4. The number of rotatable bonds is 4. The number of sulfonamides is 1. The molecule has 0 atom stereocenters. The Kier molecular flexibility index (Phi) is 3.88. The lowest BCUT2D eigenvalue weighted by atomic mass is 9.81. The normalized spacial score (nSPS) is 18.6. The molecule has 0 radical (unpaired) electrons. The highest BCUT2D eigenvalue weighted by Gasteiger charge is 2.48. The van der Waals surface area contributed by atoms with Gasteiger partial charge in [-0.25, -0.2) is 8.42 Å². The zero-order chi connectivity index (χ0) is 17.7. The van der Waals surface area contributed by atoms with Crippen LogP contribution in [0.15, 0.2) is 40.6 Å². The molecule has 0 amide bonds. The van der Waals surface area contributed by atoms with Crippen LogP contribution < -0.4 is 4.31 Å². The summed E-state index contributed by atoms with van der Waals surface area (Å²) in [6.07, 6.45) is 4.14. The van der Waals surface area contributed by atoms with Crippen LogP contribution in [0.5, 0.6) is 0 Å². The fourth-order valence-corrected chi connectivity index (χ4v) is 7.16. The topological polar surface area (TPSA) is 74.7 Å². The molecule has 2 aromatic rings. The van der Waals surface area contributed by atoms with Crippen molar-refractivity contribution in [2.75, 3.05) is 10.8 Å². The van der Waals surface area contributed by atoms with Crippen LogP contribution in [0, 0.1) is 0 Å². The van der Waals surface area contributed by atoms with Crippen molar-refractivity contribution in [3.05, 3.63) is 46.8 Å². The van der Waals surface area contributed by atoms with E-state index in [2.05, 4.69) is 6.07 Å². The van der Waals surface area contributed by atoms with Crippen molar-refractivity contribution < 1.29 is 18.3 Å². The zero-order valence-electron chi connectivity index (χ0n) is 13.6. The maximum atomic E-state index is 13.2. The molecule has 5 nitrogen and oxygen atoms in total. The first-order chi connectivity index (χ1) is 11.9. The molecule has 1 N–H and O–H groups in total. The van der Waals surface area contributed by atoms with E-state index >= 15 is 0 Å². The molecule has 2 aliphatic rings. The first-order valence-electron chi connectivity index (χ1n) is 8.35. The molecule has 1 saturated carbocycles. The third-order valence-electron chi connectivity index (χ3n) is 5.26. The first-order valence-corrected chi connectivity index (χ1v) is 10.6. The van der Waals surface area contributed by atoms with Gasteiger partial charge in [-0.3, -0.25) is 9.10 Å². The summed E-state index contributed by atoms with van der Waals surface area (Å²) in [6, 6.07) is 10.9. The quantitative estimate of drug-likeness (QED) is 0.886. The summed E-state index contributed by atoms with van der Waals surface area (Å²) in [5.41, 5.74) is 1.85. The molecule has 132 valence electrons. The number of carbonyl (C=O) groups is 1. The van der Waals surface area contributed by atoms with Crippen LogP contribution in [0.4, 0.5) is 5.69 Å². The largest absolute Gasteiger partial charge is 0.481 e. The first kappa shape index (κ1) is 16.6. The summed E-state index contributed by atoms with van der Waals surface area (Å²) >= 11 is 1.05. The molecule has 1 fully saturated rings. The predicted octanol–water partition coefficient (Wildman–Crippen LogP) is 3.40. The Morgan fingerprint density at radius 3 is 2.60 bits per heavy atom. The highest BCUT2D eigenvalue weighted by Crippen LogP contribution is 2.51. The molecular weight excluding hydrogens is 358 g/mol. The summed E-state index contributed by atoms with van der Waals surface area (Å²) < 4.78 is 28.2. The van der Waals surface area contributed by atoms with Crippen molar-refractivity contribution in [3.8, 4) is 0 Å². The molecule has 7 heteroatoms. The number of nitrogens with zero attached hydrogens (tertiary/aromatic N) is 1. The summed E-state index contributed by atoms with van der Waals surface area (Å²) in [7, 11) is -3.67. The highest BCUT2D eigenvalue weighted by molar-refractivity contribution is 7.94. The second-order valence-electron chi connectivity index (χ2n) is 6.81. The van der Waals surface area contributed by atoms with Gasteiger partial charge in [0.1, 0.15) is 4.21 Å². The van der Waals surface area contributed by atoms with Crippen LogP contribution in [-0.2, 0) is 26.7 Å². The molecule has 1 aromatic heterocycles. The predicted molar refractivity (Wildman–Crippen MR) is 96.8 cm³/mol. The molecular formula is C18H19NO4S2. The summed E-state index contributed by atoms with van der Waals surface area (Å²) in [5.74, 6) is -0.956. The number of para-hydroxylation sites is 1. The van der Waals surface area contributed by atoms with Crippen molar-refractivity contribution in [2.24, 2.45) is 0 Å². The standard InChI is InChI=1S/C18H19NO4S2/c20-16(21)11-13-7-8-17(24-13)25(22,23)19-12-18(9-3-4-10-18)14-5-1-2-6-15(14)19/h1-2,5-8H,3-4,9-12H2,(H,20,21). The molecule has 4 rings (SSSR count). The van der Waals surface area contributed by atoms with Gasteiger partial charge in [0.05, 0.1) is 12.1 Å². The van der Waals surface area contributed by atoms with Crippen LogP contribution in [-0.4, -0.2) is 26.0 Å². The second-order valence-corrected chi connectivity index (χ2v) is 10.1. The minimum absolute atomic E-state index is 0.0647. The lowest BCUT2D eigenvalue weighted by Gasteiger charge is -2.25. The van der Waals surface area contributed by atoms with Gasteiger partial charge in [0.15, 0.2) is 0 Å². The Labute approximate surface area is 151 Å². The highest BCUT2D eigenvalue weighted by atomic mass is 32.2. The number of thiophene rings is 1. The maximum absolute atomic E-state index is 13.2. The number of anilines is 1. The Balaban J connectivity index is 1.74. The van der Waals surface area contributed by atoms with E-state index < -0.39 is 16.0 Å². The van der Waals surface area contributed by atoms with Gasteiger partial charge in [-0.15, -0.1) is 11.3 Å². The smallest absolute Gasteiger partial charge is 0.308 e. The SMILES string of the molecule is O=C(O)Cc1ccc(S(=O)(=O)N2CC3(CCCC3)c3ccccc32)s1. The van der Waals surface area contributed by atoms with E-state index in [4.69, 9.17) is 5.11 Å². The van der Waals surface area contributed by atoms with Crippen LogP contribution in [0.1, 0.15) is 36.1 Å². The molecule has 2 heterocycles. The summed E-state index contributed by atoms with van der Waals surface area (Å²) in [5, 5.41) is 8.91. The Morgan fingerprint density at radius 2 is 1.88 bits per heavy atom. The molecule has 1 spiro atoms. The van der Waals surface area contributed by atoms with Gasteiger partial charge in [0.2, 0.25) is 0 Å². The Hall–Kier alpha value is -1.86. The van der Waals surface area contributed by atoms with Gasteiger partial charge in [-0.2, -0.15) is 0 Å². The van der Waals surface area contributed by atoms with Crippen LogP contribution in [0.25, 0.3) is 0 Å². The average molecular weight is 377 g/mol. The number of benzene rings is 1. The van der Waals surface area contributed by atoms with E-state index in [1.54, 1.807) is 6.07 Å². The Bertz CT molecular complexity index is 926. The van der Waals surface area contributed by atoms with Crippen molar-refractivity contribution >= 4 is 33.0 Å². The lowest BCUT2D eigenvalue weighted by Crippen LogP contribution is -2.35. The average Bonchev–Trinajstić information content (AvgIpc) is 3.28. The molecule has 1 aromatic carbocycles. The van der Waals surface area contributed by atoms with E-state index in [1.165, 1.54) is 10.4 Å². The number of aliphatic carboxylic acids is 1. The third kappa shape index (κ3) is 2.66. The van der Waals surface area contributed by atoms with Crippen LogP contribution >= 0.6 is 11.3 Å². The second kappa shape index (κ2) is 5.85. The molecule has 0 bridgehead atoms. The van der Waals surface area contributed by atoms with E-state index in [0.29, 0.717) is 11.4 Å². The molecule has 1 aliphatic carbocycles. The van der Waals surface area contributed by atoms with E-state index in [-0.39, 0.29) is 16.0 Å². The number of carboxylic acid groups (broad SMARTS) is 1. The van der Waals surface area contributed by atoms with Gasteiger partial charge < -0.3 is 5.11 Å². The number of fused-ring (bicyclic) bond motifs is 2. The van der Waals surface area contributed by atoms with Crippen molar-refractivity contribution in [1.29, 1.82) is 0 Å². The maximum Gasteiger partial charge on any atom is 0.308 e. The summed E-state index contributed by atoms with van der Waals surface area (Å²) in [6.45, 7) is 0.487. The van der Waals surface area contributed by atoms with Gasteiger partial charge in [0.25, 0.3) is 10.0 Å². The third-order valence-corrected chi connectivity index (χ3v) is 8.57. The number of carboxylic acids is 1. The molecule has 0 saturated heterocycles. The van der Waals surface area contributed by atoms with Gasteiger partial charge in [0, 0.05) is 16.8 Å². The van der Waals surface area contributed by atoms with Crippen LogP contribution in [0.2, 0.25) is 0 Å². The van der Waals surface area contributed by atoms with Gasteiger partial charge in [-0.05, 0) is 36.6 Å². The minimum atomic E-state index is -3.67. The zero-order valence-corrected chi connectivity index (χ0v) is 15.3. The molecule has 0 unspecified atom stereocenters. The van der Waals surface area contributed by atoms with Crippen molar-refractivity contribution in [3.63, 3.8) is 0 Å². The number of hydrogen-bond acceptors (Lipinski definition) is 4. The Morgan fingerprint density at radius 1 is 1.16 bits per heavy atom.